The third-order valence-corrected chi connectivity index (χ3v) is 2.30. The summed E-state index contributed by atoms with van der Waals surface area (Å²) in [5.74, 6) is 0. The van der Waals surface area contributed by atoms with Crippen LogP contribution < -0.4 is 0 Å². The number of nitriles is 1. The molecule has 74 valence electrons. The van der Waals surface area contributed by atoms with Crippen molar-refractivity contribution in [1.29, 1.82) is 5.26 Å². The molecule has 0 saturated heterocycles. The molecule has 0 unspecified atom stereocenters. The van der Waals surface area contributed by atoms with Crippen LogP contribution in [0.25, 0.3) is 0 Å². The van der Waals surface area contributed by atoms with E-state index in [9.17, 15) is 13.2 Å². The molecule has 0 aliphatic carbocycles. The van der Waals surface area contributed by atoms with Gasteiger partial charge in [-0.05, 0) is 35.6 Å². The number of alkyl halides is 3. The molecule has 0 atom stereocenters. The van der Waals surface area contributed by atoms with Crippen molar-refractivity contribution >= 4 is 22.6 Å². The highest BCUT2D eigenvalue weighted by molar-refractivity contribution is 14.1. The minimum Gasteiger partial charge on any atom is -0.246 e. The molecule has 1 aromatic rings. The maximum absolute atomic E-state index is 12.4. The Labute approximate surface area is 91.9 Å². The summed E-state index contributed by atoms with van der Waals surface area (Å²) in [7, 11) is 0. The van der Waals surface area contributed by atoms with Crippen molar-refractivity contribution in [3.8, 4) is 6.07 Å². The molecule has 14 heavy (non-hydrogen) atoms. The largest absolute Gasteiger partial charge is 0.417 e. The van der Waals surface area contributed by atoms with Crippen molar-refractivity contribution < 1.29 is 13.2 Å². The summed E-state index contributed by atoms with van der Waals surface area (Å²) < 4.78 is 37.3. The molecule has 1 heterocycles. The van der Waals surface area contributed by atoms with Crippen LogP contribution in [0.2, 0.25) is 0 Å². The van der Waals surface area contributed by atoms with Gasteiger partial charge in [-0.3, -0.25) is 0 Å². The van der Waals surface area contributed by atoms with Gasteiger partial charge in [-0.15, -0.1) is 0 Å². The second kappa shape index (κ2) is 3.73. The maximum atomic E-state index is 12.4. The van der Waals surface area contributed by atoms with Crippen LogP contribution in [0.4, 0.5) is 13.2 Å². The summed E-state index contributed by atoms with van der Waals surface area (Å²) in [6.07, 6.45) is -4.50. The van der Waals surface area contributed by atoms with Crippen molar-refractivity contribution in [3.63, 3.8) is 0 Å². The number of nitrogens with zero attached hydrogens (tertiary/aromatic N) is 2. The first-order valence-electron chi connectivity index (χ1n) is 3.50. The molecule has 0 aliphatic rings. The Bertz CT molecular complexity index is 406. The van der Waals surface area contributed by atoms with Crippen molar-refractivity contribution in [2.45, 2.75) is 13.1 Å². The van der Waals surface area contributed by atoms with E-state index in [-0.39, 0.29) is 9.39 Å². The lowest BCUT2D eigenvalue weighted by Gasteiger charge is -2.09. The summed E-state index contributed by atoms with van der Waals surface area (Å²) in [4.78, 5) is 3.78. The summed E-state index contributed by atoms with van der Waals surface area (Å²) in [6.45, 7) is 1.46. The number of aromatic nitrogens is 1. The van der Waals surface area contributed by atoms with Gasteiger partial charge in [0.2, 0.25) is 0 Å². The first-order chi connectivity index (χ1) is 6.36. The van der Waals surface area contributed by atoms with Crippen LogP contribution in [0.15, 0.2) is 6.07 Å². The first kappa shape index (κ1) is 11.2. The number of hydrogen-bond acceptors (Lipinski definition) is 2. The van der Waals surface area contributed by atoms with Crippen molar-refractivity contribution in [2.75, 3.05) is 0 Å². The van der Waals surface area contributed by atoms with Gasteiger partial charge < -0.3 is 0 Å². The van der Waals surface area contributed by atoms with Crippen molar-refractivity contribution in [2.24, 2.45) is 0 Å². The normalized spacial score (nSPS) is 11.1. The molecule has 1 rings (SSSR count). The fourth-order valence-electron chi connectivity index (χ4n) is 0.965. The third-order valence-electron chi connectivity index (χ3n) is 1.52. The summed E-state index contributed by atoms with van der Waals surface area (Å²) in [5, 5.41) is 8.56. The van der Waals surface area contributed by atoms with E-state index >= 15 is 0 Å². The third kappa shape index (κ3) is 2.15. The predicted octanol–water partition coefficient (Wildman–Crippen LogP) is 2.89. The van der Waals surface area contributed by atoms with E-state index in [1.54, 1.807) is 22.6 Å². The van der Waals surface area contributed by atoms with Crippen molar-refractivity contribution in [3.05, 3.63) is 26.6 Å². The average molecular weight is 312 g/mol. The molecule has 1 aromatic heterocycles. The van der Waals surface area contributed by atoms with Gasteiger partial charge >= 0.3 is 6.18 Å². The monoisotopic (exact) mass is 312 g/mol. The van der Waals surface area contributed by atoms with Gasteiger partial charge in [0.15, 0.2) is 0 Å². The summed E-state index contributed by atoms with van der Waals surface area (Å²) in [5.41, 5.74) is -1.08. The Morgan fingerprint density at radius 3 is 2.50 bits per heavy atom. The summed E-state index contributed by atoms with van der Waals surface area (Å²) >= 11 is 1.62. The van der Waals surface area contributed by atoms with Crippen LogP contribution in [0, 0.1) is 22.0 Å². The molecule has 0 aromatic carbocycles. The molecule has 0 saturated carbocycles. The summed E-state index contributed by atoms with van der Waals surface area (Å²) in [6, 6.07) is 2.38. The fraction of sp³-hybridized carbons (Fsp3) is 0.250. The Morgan fingerprint density at radius 2 is 2.07 bits per heavy atom. The molecule has 6 heteroatoms. The topological polar surface area (TPSA) is 36.7 Å². The first-order valence-corrected chi connectivity index (χ1v) is 4.58. The highest BCUT2D eigenvalue weighted by Crippen LogP contribution is 2.33. The lowest BCUT2D eigenvalue weighted by molar-refractivity contribution is -0.137. The second-order valence-electron chi connectivity index (χ2n) is 2.59. The minimum atomic E-state index is -4.50. The lowest BCUT2D eigenvalue weighted by atomic mass is 10.1. The van der Waals surface area contributed by atoms with E-state index in [4.69, 9.17) is 5.26 Å². The van der Waals surface area contributed by atoms with Gasteiger partial charge in [-0.1, -0.05) is 0 Å². The molecule has 0 N–H and O–H groups in total. The van der Waals surface area contributed by atoms with Crippen molar-refractivity contribution in [1.82, 2.24) is 4.98 Å². The van der Waals surface area contributed by atoms with Gasteiger partial charge in [0.25, 0.3) is 0 Å². The Hall–Kier alpha value is -0.840. The molecular formula is C8H4F3IN2. The SMILES string of the molecule is Cc1cc(C(F)(F)F)c(C#N)c(I)n1. The van der Waals surface area contributed by atoms with Gasteiger partial charge in [0.1, 0.15) is 9.77 Å². The molecule has 0 amide bonds. The average Bonchev–Trinajstić information content (AvgIpc) is 2.01. The standard InChI is InChI=1S/C8H4F3IN2/c1-4-2-6(8(9,10)11)5(3-13)7(12)14-4/h2H,1H3. The zero-order valence-corrected chi connectivity index (χ0v) is 9.14. The highest BCUT2D eigenvalue weighted by atomic mass is 127. The smallest absolute Gasteiger partial charge is 0.246 e. The van der Waals surface area contributed by atoms with E-state index in [2.05, 4.69) is 4.98 Å². The van der Waals surface area contributed by atoms with Crippen LogP contribution in [-0.4, -0.2) is 4.98 Å². The maximum Gasteiger partial charge on any atom is 0.417 e. The van der Waals surface area contributed by atoms with Gasteiger partial charge in [0, 0.05) is 5.69 Å². The van der Waals surface area contributed by atoms with Crippen LogP contribution in [-0.2, 0) is 6.18 Å². The van der Waals surface area contributed by atoms with Crippen LogP contribution in [0.1, 0.15) is 16.8 Å². The Morgan fingerprint density at radius 1 is 1.50 bits per heavy atom. The highest BCUT2D eigenvalue weighted by Gasteiger charge is 2.35. The predicted molar refractivity (Wildman–Crippen MR) is 51.4 cm³/mol. The van der Waals surface area contributed by atoms with Gasteiger partial charge in [0.05, 0.1) is 11.1 Å². The fourth-order valence-corrected chi connectivity index (χ4v) is 1.76. The van der Waals surface area contributed by atoms with E-state index < -0.39 is 17.3 Å². The minimum absolute atomic E-state index is 0.0809. The molecule has 0 spiro atoms. The quantitative estimate of drug-likeness (QED) is 0.545. The molecule has 0 aliphatic heterocycles. The van der Waals surface area contributed by atoms with E-state index in [1.807, 2.05) is 0 Å². The van der Waals surface area contributed by atoms with Crippen LogP contribution in [0.5, 0.6) is 0 Å². The number of hydrogen-bond donors (Lipinski definition) is 0. The number of pyridine rings is 1. The molecule has 0 radical (unpaired) electrons. The molecule has 0 fully saturated rings. The molecule has 2 nitrogen and oxygen atoms in total. The second-order valence-corrected chi connectivity index (χ2v) is 3.61. The molecular weight excluding hydrogens is 308 g/mol. The lowest BCUT2D eigenvalue weighted by Crippen LogP contribution is -2.10. The Balaban J connectivity index is 3.50. The number of aryl methyl sites for hydroxylation is 1. The van der Waals surface area contributed by atoms with E-state index in [0.717, 1.165) is 6.07 Å². The van der Waals surface area contributed by atoms with E-state index in [0.29, 0.717) is 0 Å². The number of rotatable bonds is 0. The van der Waals surface area contributed by atoms with Gasteiger partial charge in [-0.25, -0.2) is 4.98 Å². The Kier molecular flexibility index (Phi) is 2.99. The zero-order chi connectivity index (χ0) is 10.9. The van der Waals surface area contributed by atoms with E-state index in [1.165, 1.54) is 13.0 Å². The van der Waals surface area contributed by atoms with Crippen LogP contribution in [0.3, 0.4) is 0 Å². The molecule has 0 bridgehead atoms. The van der Waals surface area contributed by atoms with Crippen LogP contribution >= 0.6 is 22.6 Å². The zero-order valence-electron chi connectivity index (χ0n) is 6.98. The number of halogens is 4. The van der Waals surface area contributed by atoms with Gasteiger partial charge in [-0.2, -0.15) is 18.4 Å².